The number of benzene rings is 1. The first-order valence-corrected chi connectivity index (χ1v) is 8.38. The Hall–Kier alpha value is -0.940. The van der Waals surface area contributed by atoms with Crippen LogP contribution in [0.3, 0.4) is 0 Å². The van der Waals surface area contributed by atoms with Crippen LogP contribution < -0.4 is 0 Å². The van der Waals surface area contributed by atoms with Crippen molar-refractivity contribution in [2.45, 2.75) is 22.8 Å². The molecule has 0 aromatic heterocycles. The number of hydrogen-bond acceptors (Lipinski definition) is 6. The SMILES string of the molecule is CCC(S(=O)(=O)O)S(=O)(=O)c1cccc(C#N)c1C#N.[Na]. The van der Waals surface area contributed by atoms with Gasteiger partial charge in [0.25, 0.3) is 10.1 Å². The molecule has 1 unspecified atom stereocenters. The first-order valence-electron chi connectivity index (χ1n) is 5.33. The van der Waals surface area contributed by atoms with Crippen LogP contribution in [-0.2, 0) is 20.0 Å². The summed E-state index contributed by atoms with van der Waals surface area (Å²) in [5.74, 6) is 0. The molecule has 0 saturated carbocycles. The normalized spacial score (nSPS) is 12.6. The minimum Gasteiger partial charge on any atom is -0.285 e. The van der Waals surface area contributed by atoms with Gasteiger partial charge >= 0.3 is 0 Å². The van der Waals surface area contributed by atoms with Crippen LogP contribution >= 0.6 is 0 Å². The average molecular weight is 337 g/mol. The van der Waals surface area contributed by atoms with Crippen LogP contribution in [-0.4, -0.2) is 55.5 Å². The molecule has 1 radical (unpaired) electrons. The molecule has 0 saturated heterocycles. The van der Waals surface area contributed by atoms with Gasteiger partial charge < -0.3 is 0 Å². The van der Waals surface area contributed by atoms with E-state index in [4.69, 9.17) is 15.1 Å². The van der Waals surface area contributed by atoms with Crippen LogP contribution in [0.5, 0.6) is 0 Å². The first-order chi connectivity index (χ1) is 9.20. The van der Waals surface area contributed by atoms with Crippen molar-refractivity contribution in [1.29, 1.82) is 10.5 Å². The molecule has 0 aliphatic rings. The topological polar surface area (TPSA) is 136 Å². The van der Waals surface area contributed by atoms with E-state index in [1.165, 1.54) is 19.1 Å². The number of hydrogen-bond donors (Lipinski definition) is 1. The van der Waals surface area contributed by atoms with Crippen LogP contribution in [0.2, 0.25) is 0 Å². The summed E-state index contributed by atoms with van der Waals surface area (Å²) in [5, 5.41) is 17.8. The molecular formula is C11H10N2NaO5S2. The predicted molar refractivity (Wildman–Crippen MR) is 74.4 cm³/mol. The zero-order valence-electron chi connectivity index (χ0n) is 11.3. The minimum atomic E-state index is -4.85. The molecule has 7 nitrogen and oxygen atoms in total. The Morgan fingerprint density at radius 3 is 2.14 bits per heavy atom. The minimum absolute atomic E-state index is 0. The van der Waals surface area contributed by atoms with Gasteiger partial charge in [-0.05, 0) is 18.6 Å². The molecule has 107 valence electrons. The van der Waals surface area contributed by atoms with Crippen LogP contribution in [0.25, 0.3) is 0 Å². The van der Waals surface area contributed by atoms with Gasteiger partial charge in [0, 0.05) is 29.6 Å². The molecule has 0 bridgehead atoms. The third-order valence-electron chi connectivity index (χ3n) is 2.58. The molecule has 0 aliphatic carbocycles. The Bertz CT molecular complexity index is 819. The first kappa shape index (κ1) is 20.1. The van der Waals surface area contributed by atoms with E-state index in [1.807, 2.05) is 0 Å². The summed E-state index contributed by atoms with van der Waals surface area (Å²) in [5.41, 5.74) is -0.615. The van der Waals surface area contributed by atoms with Crippen molar-refractivity contribution in [3.8, 4) is 12.1 Å². The molecule has 1 atom stereocenters. The van der Waals surface area contributed by atoms with E-state index in [-0.39, 0.29) is 41.5 Å². The standard InChI is InChI=1S/C11H10N2O5S2.Na/c1-2-11(20(16,17)18)19(14,15)10-5-3-4-8(6-12)9(10)7-13;/h3-5,11H,2H2,1H3,(H,16,17,18);. The largest absolute Gasteiger partial charge is 0.285 e. The quantitative estimate of drug-likeness (QED) is 0.622. The molecule has 21 heavy (non-hydrogen) atoms. The Balaban J connectivity index is 0.00000400. The zero-order valence-corrected chi connectivity index (χ0v) is 14.9. The zero-order chi connectivity index (χ0) is 15.6. The molecule has 1 aromatic rings. The van der Waals surface area contributed by atoms with Gasteiger partial charge in [-0.3, -0.25) is 4.55 Å². The van der Waals surface area contributed by atoms with Crippen LogP contribution in [0.1, 0.15) is 24.5 Å². The van der Waals surface area contributed by atoms with Gasteiger partial charge in [0.15, 0.2) is 14.4 Å². The van der Waals surface area contributed by atoms with E-state index in [1.54, 1.807) is 12.1 Å². The molecule has 0 aliphatic heterocycles. The average Bonchev–Trinajstić information content (AvgIpc) is 2.36. The van der Waals surface area contributed by atoms with Crippen LogP contribution in [0, 0.1) is 22.7 Å². The molecule has 10 heteroatoms. The van der Waals surface area contributed by atoms with E-state index < -0.39 is 35.0 Å². The molecule has 1 aromatic carbocycles. The smallest absolute Gasteiger partial charge is 0.282 e. The summed E-state index contributed by atoms with van der Waals surface area (Å²) >= 11 is 0. The summed E-state index contributed by atoms with van der Waals surface area (Å²) in [7, 11) is -9.34. The maximum absolute atomic E-state index is 12.3. The third kappa shape index (κ3) is 4.04. The Morgan fingerprint density at radius 2 is 1.76 bits per heavy atom. The summed E-state index contributed by atoms with van der Waals surface area (Å²) < 4.78 is 53.8. The molecule has 0 amide bonds. The number of nitriles is 2. The van der Waals surface area contributed by atoms with Crippen molar-refractivity contribution in [2.75, 3.05) is 0 Å². The molecule has 0 spiro atoms. The van der Waals surface area contributed by atoms with E-state index in [9.17, 15) is 16.8 Å². The molecule has 0 heterocycles. The van der Waals surface area contributed by atoms with Crippen molar-refractivity contribution < 1.29 is 21.4 Å². The fourth-order valence-corrected chi connectivity index (χ4v) is 5.15. The number of sulfone groups is 1. The molecular weight excluding hydrogens is 327 g/mol. The molecule has 1 N–H and O–H groups in total. The third-order valence-corrected chi connectivity index (χ3v) is 7.04. The second-order valence-corrected chi connectivity index (χ2v) is 7.80. The second kappa shape index (κ2) is 7.36. The van der Waals surface area contributed by atoms with Crippen molar-refractivity contribution in [3.05, 3.63) is 29.3 Å². The van der Waals surface area contributed by atoms with E-state index in [0.717, 1.165) is 6.07 Å². The summed E-state index contributed by atoms with van der Waals surface area (Å²) in [4.78, 5) is -0.580. The van der Waals surface area contributed by atoms with Crippen molar-refractivity contribution in [3.63, 3.8) is 0 Å². The van der Waals surface area contributed by atoms with Gasteiger partial charge in [0.1, 0.15) is 12.1 Å². The van der Waals surface area contributed by atoms with Gasteiger partial charge in [-0.1, -0.05) is 13.0 Å². The van der Waals surface area contributed by atoms with Crippen LogP contribution in [0.15, 0.2) is 23.1 Å². The van der Waals surface area contributed by atoms with Gasteiger partial charge in [-0.25, -0.2) is 8.42 Å². The second-order valence-electron chi connectivity index (χ2n) is 3.80. The van der Waals surface area contributed by atoms with Gasteiger partial charge in [0.2, 0.25) is 0 Å². The summed E-state index contributed by atoms with van der Waals surface area (Å²) in [6.07, 6.45) is -0.386. The van der Waals surface area contributed by atoms with E-state index >= 15 is 0 Å². The maximum atomic E-state index is 12.3. The molecule has 1 rings (SSSR count). The Morgan fingerprint density at radius 1 is 1.19 bits per heavy atom. The molecule has 0 fully saturated rings. The number of nitrogens with zero attached hydrogens (tertiary/aromatic N) is 2. The fourth-order valence-electron chi connectivity index (χ4n) is 1.71. The Labute approximate surface area is 145 Å². The van der Waals surface area contributed by atoms with Crippen molar-refractivity contribution >= 4 is 49.5 Å². The maximum Gasteiger partial charge on any atom is 0.282 e. The predicted octanol–water partition coefficient (Wildman–Crippen LogP) is 0.447. The van der Waals surface area contributed by atoms with Crippen molar-refractivity contribution in [2.24, 2.45) is 0 Å². The van der Waals surface area contributed by atoms with Crippen LogP contribution in [0.4, 0.5) is 0 Å². The monoisotopic (exact) mass is 337 g/mol. The fraction of sp³-hybridized carbons (Fsp3) is 0.273. The van der Waals surface area contributed by atoms with E-state index in [0.29, 0.717) is 0 Å². The van der Waals surface area contributed by atoms with Gasteiger partial charge in [-0.2, -0.15) is 18.9 Å². The Kier molecular flexibility index (Phi) is 7.03. The summed E-state index contributed by atoms with van der Waals surface area (Å²) in [6.45, 7) is 1.27. The van der Waals surface area contributed by atoms with Gasteiger partial charge in [0.05, 0.1) is 16.0 Å². The number of rotatable bonds is 4. The van der Waals surface area contributed by atoms with Crippen molar-refractivity contribution in [1.82, 2.24) is 0 Å². The summed E-state index contributed by atoms with van der Waals surface area (Å²) in [6, 6.07) is 6.73. The van der Waals surface area contributed by atoms with E-state index in [2.05, 4.69) is 0 Å². The van der Waals surface area contributed by atoms with Gasteiger partial charge in [-0.15, -0.1) is 0 Å².